The third-order valence-corrected chi connectivity index (χ3v) is 2.94. The molecule has 0 unspecified atom stereocenters. The van der Waals surface area contributed by atoms with Crippen molar-refractivity contribution in [3.05, 3.63) is 30.9 Å². The summed E-state index contributed by atoms with van der Waals surface area (Å²) in [5.41, 5.74) is 0.0339. The van der Waals surface area contributed by atoms with E-state index < -0.39 is 37.5 Å². The Bertz CT molecular complexity index is 654. The molecule has 0 spiro atoms. The third-order valence-electron chi connectivity index (χ3n) is 2.70. The average Bonchev–Trinajstić information content (AvgIpc) is 2.55. The van der Waals surface area contributed by atoms with Crippen molar-refractivity contribution in [3.8, 4) is 11.5 Å². The van der Waals surface area contributed by atoms with Gasteiger partial charge in [-0.15, -0.1) is 6.58 Å². The number of thiocarbonyl (C=S) groups is 1. The number of rotatable bonds is 9. The van der Waals surface area contributed by atoms with Crippen LogP contribution < -0.4 is 20.1 Å². The highest BCUT2D eigenvalue weighted by Crippen LogP contribution is 2.30. The van der Waals surface area contributed by atoms with Gasteiger partial charge in [0, 0.05) is 30.4 Å². The van der Waals surface area contributed by atoms with Crippen molar-refractivity contribution in [2.24, 2.45) is 0 Å². The first kappa shape index (κ1) is 22.8. The summed E-state index contributed by atoms with van der Waals surface area (Å²) in [5.74, 6) is -5.24. The maximum atomic E-state index is 13.0. The first-order chi connectivity index (χ1) is 12.4. The van der Waals surface area contributed by atoms with Crippen LogP contribution in [0, 0.1) is 0 Å². The Morgan fingerprint density at radius 1 is 1.07 bits per heavy atom. The summed E-state index contributed by atoms with van der Waals surface area (Å²) in [6.07, 6.45) is -7.12. The van der Waals surface area contributed by atoms with Crippen LogP contribution in [0.3, 0.4) is 0 Å². The van der Waals surface area contributed by atoms with E-state index in [1.165, 1.54) is 6.08 Å². The Labute approximate surface area is 155 Å². The fraction of sp³-hybridized carbons (Fsp3) is 0.400. The van der Waals surface area contributed by atoms with E-state index in [9.17, 15) is 30.7 Å². The summed E-state index contributed by atoms with van der Waals surface area (Å²) >= 11 is 4.92. The maximum absolute atomic E-state index is 13.0. The summed E-state index contributed by atoms with van der Waals surface area (Å²) in [4.78, 5) is 0. The van der Waals surface area contributed by atoms with Gasteiger partial charge in [0.15, 0.2) is 18.3 Å². The summed E-state index contributed by atoms with van der Waals surface area (Å²) < 4.78 is 96.3. The molecule has 0 aliphatic carbocycles. The Balaban J connectivity index is 2.97. The minimum Gasteiger partial charge on any atom is -0.487 e. The lowest BCUT2D eigenvalue weighted by molar-refractivity contribution is -0.153. The van der Waals surface area contributed by atoms with Gasteiger partial charge in [0.1, 0.15) is 11.5 Å². The Morgan fingerprint density at radius 3 is 2.11 bits per heavy atom. The largest absolute Gasteiger partial charge is 0.487 e. The van der Waals surface area contributed by atoms with E-state index in [0.717, 1.165) is 18.2 Å². The summed E-state index contributed by atoms with van der Waals surface area (Å²) in [6, 6.07) is 3.05. The molecule has 0 bridgehead atoms. The monoisotopic (exact) mass is 420 g/mol. The predicted molar refractivity (Wildman–Crippen MR) is 88.9 cm³/mol. The first-order valence-electron chi connectivity index (χ1n) is 7.22. The van der Waals surface area contributed by atoms with Gasteiger partial charge < -0.3 is 20.1 Å². The number of hydrogen-bond acceptors (Lipinski definition) is 3. The maximum Gasteiger partial charge on any atom is 0.422 e. The lowest BCUT2D eigenvalue weighted by Gasteiger charge is -2.18. The molecule has 0 saturated heterocycles. The Morgan fingerprint density at radius 2 is 1.63 bits per heavy atom. The first-order valence-corrected chi connectivity index (χ1v) is 7.63. The number of ether oxygens (including phenoxy) is 2. The summed E-state index contributed by atoms with van der Waals surface area (Å²) in [6.45, 7) is 0.401. The Hall–Kier alpha value is -2.24. The van der Waals surface area contributed by atoms with Crippen LogP contribution in [0.1, 0.15) is 0 Å². The van der Waals surface area contributed by atoms with Gasteiger partial charge in [-0.3, -0.25) is 0 Å². The molecule has 0 atom stereocenters. The highest BCUT2D eigenvalue weighted by molar-refractivity contribution is 7.80. The highest BCUT2D eigenvalue weighted by Gasteiger charge is 2.41. The van der Waals surface area contributed by atoms with Crippen molar-refractivity contribution in [1.82, 2.24) is 5.32 Å². The topological polar surface area (TPSA) is 42.5 Å². The molecule has 0 radical (unpaired) electrons. The van der Waals surface area contributed by atoms with Gasteiger partial charge in [0.05, 0.1) is 0 Å². The van der Waals surface area contributed by atoms with Crippen LogP contribution >= 0.6 is 12.2 Å². The molecule has 0 aromatic heterocycles. The molecule has 1 rings (SSSR count). The van der Waals surface area contributed by atoms with E-state index in [-0.39, 0.29) is 23.1 Å². The van der Waals surface area contributed by atoms with E-state index >= 15 is 0 Å². The lowest BCUT2D eigenvalue weighted by atomic mass is 10.2. The number of benzene rings is 1. The molecule has 1 aromatic rings. The molecule has 0 saturated carbocycles. The van der Waals surface area contributed by atoms with Crippen molar-refractivity contribution in [2.75, 3.05) is 25.1 Å². The van der Waals surface area contributed by atoms with Crippen molar-refractivity contribution in [3.63, 3.8) is 0 Å². The normalized spacial score (nSPS) is 11.9. The van der Waals surface area contributed by atoms with Crippen molar-refractivity contribution < 1.29 is 40.2 Å². The number of nitrogens with one attached hydrogen (secondary N) is 2. The molecule has 0 amide bonds. The lowest BCUT2D eigenvalue weighted by Crippen LogP contribution is -2.33. The zero-order valence-electron chi connectivity index (χ0n) is 13.6. The minimum atomic E-state index is -4.64. The van der Waals surface area contributed by atoms with Crippen LogP contribution in [0.25, 0.3) is 0 Å². The minimum absolute atomic E-state index is 0.0339. The molecule has 27 heavy (non-hydrogen) atoms. The van der Waals surface area contributed by atoms with Gasteiger partial charge in [-0.25, -0.2) is 8.78 Å². The Kier molecular flexibility index (Phi) is 8.13. The molecule has 12 heteroatoms. The average molecular weight is 420 g/mol. The van der Waals surface area contributed by atoms with Gasteiger partial charge in [0.25, 0.3) is 0 Å². The molecule has 1 aromatic carbocycles. The zero-order valence-corrected chi connectivity index (χ0v) is 14.4. The van der Waals surface area contributed by atoms with Crippen LogP contribution in [0.2, 0.25) is 0 Å². The second kappa shape index (κ2) is 9.62. The molecule has 2 N–H and O–H groups in total. The number of anilines is 1. The second-order valence-corrected chi connectivity index (χ2v) is 5.48. The smallest absolute Gasteiger partial charge is 0.422 e. The molecular weight excluding hydrogens is 405 g/mol. The van der Waals surface area contributed by atoms with Crippen LogP contribution in [0.5, 0.6) is 11.5 Å². The highest BCUT2D eigenvalue weighted by atomic mass is 32.1. The summed E-state index contributed by atoms with van der Waals surface area (Å²) in [7, 11) is 0. The van der Waals surface area contributed by atoms with E-state index in [0.29, 0.717) is 0 Å². The van der Waals surface area contributed by atoms with E-state index in [1.54, 1.807) is 0 Å². The van der Waals surface area contributed by atoms with E-state index in [4.69, 9.17) is 12.2 Å². The molecule has 0 aliphatic heterocycles. The van der Waals surface area contributed by atoms with Crippen molar-refractivity contribution in [2.45, 2.75) is 18.5 Å². The fourth-order valence-electron chi connectivity index (χ4n) is 1.56. The molecule has 152 valence electrons. The van der Waals surface area contributed by atoms with Crippen molar-refractivity contribution >= 4 is 23.0 Å². The molecule has 0 heterocycles. The van der Waals surface area contributed by atoms with Gasteiger partial charge in [0.2, 0.25) is 0 Å². The van der Waals surface area contributed by atoms with Gasteiger partial charge in [-0.2, -0.15) is 22.0 Å². The van der Waals surface area contributed by atoms with Gasteiger partial charge >= 0.3 is 18.5 Å². The van der Waals surface area contributed by atoms with Crippen LogP contribution in [0.4, 0.5) is 36.4 Å². The molecule has 4 nitrogen and oxygen atoms in total. The third kappa shape index (κ3) is 8.80. The molecular formula is C15H15F7N2O2S. The standard InChI is InChI=1S/C15H15F7N2O2S/c1-2-3-23-13(27)24-9-4-10(25-7-14(18,19)12(16)17)6-11(5-9)26-8-15(20,21)22/h2,4-6,12H,1,3,7-8H2,(H2,23,24,27). The predicted octanol–water partition coefficient (Wildman–Crippen LogP) is 4.38. The molecule has 0 aliphatic rings. The number of hydrogen-bond donors (Lipinski definition) is 2. The van der Waals surface area contributed by atoms with Crippen LogP contribution in [-0.2, 0) is 0 Å². The quantitative estimate of drug-likeness (QED) is 0.353. The van der Waals surface area contributed by atoms with E-state index in [2.05, 4.69) is 26.7 Å². The fourth-order valence-corrected chi connectivity index (χ4v) is 1.76. The van der Waals surface area contributed by atoms with E-state index in [1.807, 2.05) is 0 Å². The van der Waals surface area contributed by atoms with Crippen LogP contribution in [0.15, 0.2) is 30.9 Å². The van der Waals surface area contributed by atoms with Crippen molar-refractivity contribution in [1.29, 1.82) is 0 Å². The van der Waals surface area contributed by atoms with Gasteiger partial charge in [-0.1, -0.05) is 6.08 Å². The zero-order chi connectivity index (χ0) is 20.7. The second-order valence-electron chi connectivity index (χ2n) is 5.07. The van der Waals surface area contributed by atoms with Gasteiger partial charge in [-0.05, 0) is 12.2 Å². The van der Waals surface area contributed by atoms with Crippen LogP contribution in [-0.4, -0.2) is 43.4 Å². The number of alkyl halides is 7. The number of halogens is 7. The summed E-state index contributed by atoms with van der Waals surface area (Å²) in [5, 5.41) is 5.29. The molecule has 0 fully saturated rings. The SMILES string of the molecule is C=CCNC(=S)Nc1cc(OCC(F)(F)F)cc(OCC(F)(F)C(F)F)c1.